The number of hydrogen-bond acceptors (Lipinski definition) is 3. The number of carbonyl (C=O) groups excluding carboxylic acids is 2. The molecule has 0 aliphatic carbocycles. The van der Waals surface area contributed by atoms with E-state index in [1.807, 2.05) is 67.8 Å². The molecule has 1 aromatic heterocycles. The molecular weight excluding hydrogens is 364 g/mol. The zero-order valence-corrected chi connectivity index (χ0v) is 17.3. The van der Waals surface area contributed by atoms with Gasteiger partial charge in [-0.25, -0.2) is 4.98 Å². The normalized spacial score (nSPS) is 10.9. The number of carbonyl (C=O) groups is 2. The molecular formula is C23H28N4O2. The molecule has 3 aromatic rings. The monoisotopic (exact) mass is 392 g/mol. The Morgan fingerprint density at radius 3 is 2.66 bits per heavy atom. The first-order valence-corrected chi connectivity index (χ1v) is 10.1. The van der Waals surface area contributed by atoms with E-state index in [9.17, 15) is 9.59 Å². The van der Waals surface area contributed by atoms with Crippen molar-refractivity contribution in [1.82, 2.24) is 14.9 Å². The largest absolute Gasteiger partial charge is 0.356 e. The van der Waals surface area contributed by atoms with Crippen molar-refractivity contribution in [3.05, 3.63) is 59.4 Å². The topological polar surface area (TPSA) is 76.0 Å². The first-order valence-electron chi connectivity index (χ1n) is 10.1. The number of rotatable bonds is 8. The Balaban J connectivity index is 1.77. The van der Waals surface area contributed by atoms with Gasteiger partial charge >= 0.3 is 0 Å². The maximum absolute atomic E-state index is 12.8. The second-order valence-corrected chi connectivity index (χ2v) is 7.32. The lowest BCUT2D eigenvalue weighted by Gasteiger charge is -2.12. The molecule has 1 heterocycles. The van der Waals surface area contributed by atoms with Crippen LogP contribution in [0.15, 0.2) is 42.5 Å². The smallest absolute Gasteiger partial charge is 0.244 e. The lowest BCUT2D eigenvalue weighted by Crippen LogP contribution is -2.27. The molecule has 0 aliphatic heterocycles. The number of amides is 2. The van der Waals surface area contributed by atoms with Crippen molar-refractivity contribution in [1.29, 1.82) is 0 Å². The molecule has 0 bridgehead atoms. The zero-order valence-electron chi connectivity index (χ0n) is 17.3. The number of anilines is 1. The number of nitrogens with zero attached hydrogens (tertiary/aromatic N) is 2. The number of fused-ring (bicyclic) bond motifs is 1. The minimum absolute atomic E-state index is 0.0443. The van der Waals surface area contributed by atoms with Gasteiger partial charge in [0.2, 0.25) is 11.8 Å². The first kappa shape index (κ1) is 20.6. The van der Waals surface area contributed by atoms with Gasteiger partial charge in [0.15, 0.2) is 0 Å². The summed E-state index contributed by atoms with van der Waals surface area (Å²) < 4.78 is 1.93. The van der Waals surface area contributed by atoms with Gasteiger partial charge < -0.3 is 15.2 Å². The second-order valence-electron chi connectivity index (χ2n) is 7.32. The highest BCUT2D eigenvalue weighted by molar-refractivity contribution is 5.92. The minimum atomic E-state index is -0.0990. The average molecular weight is 393 g/mol. The Morgan fingerprint density at radius 2 is 1.86 bits per heavy atom. The quantitative estimate of drug-likeness (QED) is 0.613. The molecule has 6 nitrogen and oxygen atoms in total. The molecule has 0 unspecified atom stereocenters. The zero-order chi connectivity index (χ0) is 20.8. The van der Waals surface area contributed by atoms with Crippen molar-refractivity contribution < 1.29 is 9.59 Å². The molecule has 0 saturated carbocycles. The summed E-state index contributed by atoms with van der Waals surface area (Å²) in [5.74, 6) is 0.736. The van der Waals surface area contributed by atoms with Gasteiger partial charge in [-0.3, -0.25) is 9.59 Å². The Bertz CT molecular complexity index is 1020. The molecule has 0 atom stereocenters. The van der Waals surface area contributed by atoms with E-state index in [4.69, 9.17) is 0 Å². The maximum Gasteiger partial charge on any atom is 0.244 e. The van der Waals surface area contributed by atoms with Crippen LogP contribution >= 0.6 is 0 Å². The molecule has 0 saturated heterocycles. The van der Waals surface area contributed by atoms with E-state index in [0.29, 0.717) is 19.4 Å². The van der Waals surface area contributed by atoms with E-state index in [2.05, 4.69) is 15.6 Å². The lowest BCUT2D eigenvalue weighted by atomic mass is 10.1. The highest BCUT2D eigenvalue weighted by atomic mass is 16.2. The SMILES string of the molecule is CCCC(=O)NCCc1nc2ccccc2n1CC(=O)Nc1cc(C)ccc1C. The summed E-state index contributed by atoms with van der Waals surface area (Å²) in [5.41, 5.74) is 4.72. The van der Waals surface area contributed by atoms with Crippen LogP contribution in [0.1, 0.15) is 36.7 Å². The number of nitrogens with one attached hydrogen (secondary N) is 2. The molecule has 0 aliphatic rings. The molecule has 2 amide bonds. The summed E-state index contributed by atoms with van der Waals surface area (Å²) in [6, 6.07) is 13.8. The highest BCUT2D eigenvalue weighted by Gasteiger charge is 2.14. The Labute approximate surface area is 171 Å². The molecule has 0 radical (unpaired) electrons. The number of hydrogen-bond donors (Lipinski definition) is 2. The van der Waals surface area contributed by atoms with Crippen LogP contribution in [-0.4, -0.2) is 27.9 Å². The molecule has 0 fully saturated rings. The van der Waals surface area contributed by atoms with E-state index < -0.39 is 0 Å². The molecule has 152 valence electrons. The van der Waals surface area contributed by atoms with E-state index in [-0.39, 0.29) is 18.4 Å². The van der Waals surface area contributed by atoms with Crippen LogP contribution in [0.2, 0.25) is 0 Å². The molecule has 6 heteroatoms. The third-order valence-electron chi connectivity index (χ3n) is 4.85. The van der Waals surface area contributed by atoms with Crippen LogP contribution in [0, 0.1) is 13.8 Å². The van der Waals surface area contributed by atoms with Crippen LogP contribution in [0.5, 0.6) is 0 Å². The van der Waals surface area contributed by atoms with Crippen LogP contribution in [0.4, 0.5) is 5.69 Å². The summed E-state index contributed by atoms with van der Waals surface area (Å²) in [6.45, 7) is 6.63. The van der Waals surface area contributed by atoms with Crippen LogP contribution in [0.3, 0.4) is 0 Å². The number of aryl methyl sites for hydroxylation is 2. The number of para-hydroxylation sites is 2. The molecule has 2 N–H and O–H groups in total. The lowest BCUT2D eigenvalue weighted by molar-refractivity contribution is -0.121. The van der Waals surface area contributed by atoms with E-state index in [1.54, 1.807) is 0 Å². The van der Waals surface area contributed by atoms with Crippen LogP contribution < -0.4 is 10.6 Å². The van der Waals surface area contributed by atoms with Gasteiger partial charge in [0.05, 0.1) is 11.0 Å². The fraction of sp³-hybridized carbons (Fsp3) is 0.348. The molecule has 29 heavy (non-hydrogen) atoms. The number of benzene rings is 2. The highest BCUT2D eigenvalue weighted by Crippen LogP contribution is 2.19. The van der Waals surface area contributed by atoms with E-state index in [0.717, 1.165) is 40.1 Å². The van der Waals surface area contributed by atoms with Crippen molar-refractivity contribution >= 4 is 28.5 Å². The van der Waals surface area contributed by atoms with Crippen molar-refractivity contribution in [2.75, 3.05) is 11.9 Å². The van der Waals surface area contributed by atoms with Crippen LogP contribution in [0.25, 0.3) is 11.0 Å². The van der Waals surface area contributed by atoms with Gasteiger partial charge in [0, 0.05) is 25.1 Å². The molecule has 0 spiro atoms. The fourth-order valence-electron chi connectivity index (χ4n) is 3.33. The second kappa shape index (κ2) is 9.37. The number of imidazole rings is 1. The van der Waals surface area contributed by atoms with Gasteiger partial charge in [-0.05, 0) is 49.6 Å². The standard InChI is InChI=1S/C23H28N4O2/c1-4-7-22(28)24-13-12-21-25-18-8-5-6-9-20(18)27(21)15-23(29)26-19-14-16(2)10-11-17(19)3/h5-6,8-11,14H,4,7,12-13,15H2,1-3H3,(H,24,28)(H,26,29). The van der Waals surface area contributed by atoms with Crippen molar-refractivity contribution in [3.63, 3.8) is 0 Å². The molecule has 3 rings (SSSR count). The Morgan fingerprint density at radius 1 is 1.07 bits per heavy atom. The third kappa shape index (κ3) is 5.22. The summed E-state index contributed by atoms with van der Waals surface area (Å²) in [7, 11) is 0. The van der Waals surface area contributed by atoms with Gasteiger partial charge in [-0.2, -0.15) is 0 Å². The predicted molar refractivity (Wildman–Crippen MR) is 116 cm³/mol. The first-order chi connectivity index (χ1) is 14.0. The van der Waals surface area contributed by atoms with E-state index in [1.165, 1.54) is 0 Å². The van der Waals surface area contributed by atoms with Gasteiger partial charge in [0.1, 0.15) is 12.4 Å². The van der Waals surface area contributed by atoms with Gasteiger partial charge in [-0.15, -0.1) is 0 Å². The Hall–Kier alpha value is -3.15. The van der Waals surface area contributed by atoms with Crippen molar-refractivity contribution in [2.24, 2.45) is 0 Å². The van der Waals surface area contributed by atoms with Crippen molar-refractivity contribution in [2.45, 2.75) is 46.6 Å². The molecule has 2 aromatic carbocycles. The summed E-state index contributed by atoms with van der Waals surface area (Å²) in [5, 5.41) is 5.93. The average Bonchev–Trinajstić information content (AvgIpc) is 3.02. The maximum atomic E-state index is 12.8. The summed E-state index contributed by atoms with van der Waals surface area (Å²) in [4.78, 5) is 29.2. The predicted octanol–water partition coefficient (Wildman–Crippen LogP) is 3.75. The third-order valence-corrected chi connectivity index (χ3v) is 4.85. The number of aromatic nitrogens is 2. The van der Waals surface area contributed by atoms with Crippen LogP contribution in [-0.2, 0) is 22.6 Å². The van der Waals surface area contributed by atoms with E-state index >= 15 is 0 Å². The van der Waals surface area contributed by atoms with Gasteiger partial charge in [0.25, 0.3) is 0 Å². The fourth-order valence-corrected chi connectivity index (χ4v) is 3.33. The van der Waals surface area contributed by atoms with Gasteiger partial charge in [-0.1, -0.05) is 31.2 Å². The summed E-state index contributed by atoms with van der Waals surface area (Å²) in [6.07, 6.45) is 1.92. The summed E-state index contributed by atoms with van der Waals surface area (Å²) >= 11 is 0. The minimum Gasteiger partial charge on any atom is -0.356 e. The Kier molecular flexibility index (Phi) is 6.65. The van der Waals surface area contributed by atoms with Crippen molar-refractivity contribution in [3.8, 4) is 0 Å².